The molecule has 0 fully saturated rings. The number of esters is 1. The molecule has 4 nitrogen and oxygen atoms in total. The van der Waals surface area contributed by atoms with E-state index in [1.165, 1.54) is 6.92 Å². The van der Waals surface area contributed by atoms with E-state index in [4.69, 9.17) is 11.6 Å². The maximum Gasteiger partial charge on any atom is 0.341 e. The van der Waals surface area contributed by atoms with E-state index in [1.54, 1.807) is 0 Å². The Labute approximate surface area is 94.2 Å². The van der Waals surface area contributed by atoms with E-state index in [0.29, 0.717) is 6.07 Å². The van der Waals surface area contributed by atoms with Gasteiger partial charge in [0.2, 0.25) is 5.56 Å². The molecule has 1 aromatic rings. The van der Waals surface area contributed by atoms with Crippen molar-refractivity contribution in [1.29, 1.82) is 0 Å². The van der Waals surface area contributed by atoms with Gasteiger partial charge in [0.1, 0.15) is 10.7 Å². The zero-order chi connectivity index (χ0) is 12.3. The summed E-state index contributed by atoms with van der Waals surface area (Å²) in [6.07, 6.45) is -2.97. The third-order valence-electron chi connectivity index (χ3n) is 1.74. The van der Waals surface area contributed by atoms with Gasteiger partial charge in [0.25, 0.3) is 6.43 Å². The molecule has 0 spiro atoms. The van der Waals surface area contributed by atoms with Crippen LogP contribution in [0.1, 0.15) is 29.3 Å². The fourth-order valence-electron chi connectivity index (χ4n) is 1.13. The predicted octanol–water partition coefficient (Wildman–Crippen LogP) is 2.14. The first-order valence-electron chi connectivity index (χ1n) is 4.35. The second-order valence-electron chi connectivity index (χ2n) is 2.80. The van der Waals surface area contributed by atoms with Crippen molar-refractivity contribution in [1.82, 2.24) is 4.98 Å². The van der Waals surface area contributed by atoms with Crippen LogP contribution in [0.2, 0.25) is 5.15 Å². The number of ether oxygens (including phenoxy) is 1. The molecule has 0 bridgehead atoms. The summed E-state index contributed by atoms with van der Waals surface area (Å²) < 4.78 is 29.7. The Balaban J connectivity index is 3.35. The summed E-state index contributed by atoms with van der Waals surface area (Å²) in [4.78, 5) is 24.3. The number of carbonyl (C=O) groups is 1. The van der Waals surface area contributed by atoms with Crippen molar-refractivity contribution in [3.05, 3.63) is 32.7 Å². The second-order valence-corrected chi connectivity index (χ2v) is 3.18. The summed E-state index contributed by atoms with van der Waals surface area (Å²) in [7, 11) is 0. The maximum absolute atomic E-state index is 12.6. The molecule has 7 heteroatoms. The summed E-state index contributed by atoms with van der Waals surface area (Å²) in [5, 5.41) is -0.443. The minimum atomic E-state index is -2.97. The van der Waals surface area contributed by atoms with Crippen LogP contribution in [0.4, 0.5) is 8.78 Å². The van der Waals surface area contributed by atoms with Crippen LogP contribution >= 0.6 is 11.6 Å². The van der Waals surface area contributed by atoms with Crippen LogP contribution < -0.4 is 5.56 Å². The highest BCUT2D eigenvalue weighted by molar-refractivity contribution is 6.32. The summed E-state index contributed by atoms with van der Waals surface area (Å²) in [5.41, 5.74) is -2.03. The minimum Gasteiger partial charge on any atom is -0.462 e. The first-order chi connectivity index (χ1) is 7.47. The van der Waals surface area contributed by atoms with Crippen molar-refractivity contribution in [3.8, 4) is 0 Å². The van der Waals surface area contributed by atoms with Gasteiger partial charge in [-0.2, -0.15) is 0 Å². The molecule has 16 heavy (non-hydrogen) atoms. The quantitative estimate of drug-likeness (QED) is 0.661. The molecule has 0 radical (unpaired) electrons. The van der Waals surface area contributed by atoms with Crippen LogP contribution in [0.15, 0.2) is 10.9 Å². The van der Waals surface area contributed by atoms with Crippen molar-refractivity contribution < 1.29 is 18.3 Å². The average molecular weight is 252 g/mol. The van der Waals surface area contributed by atoms with Gasteiger partial charge in [-0.05, 0) is 6.92 Å². The molecule has 0 amide bonds. The Morgan fingerprint density at radius 1 is 1.62 bits per heavy atom. The molecule has 0 atom stereocenters. The van der Waals surface area contributed by atoms with E-state index in [2.05, 4.69) is 4.74 Å². The minimum absolute atomic E-state index is 0.0248. The van der Waals surface area contributed by atoms with Crippen LogP contribution in [0, 0.1) is 0 Å². The number of halogens is 3. The molecule has 1 heterocycles. The van der Waals surface area contributed by atoms with Crippen LogP contribution in [0.25, 0.3) is 0 Å². The molecule has 88 valence electrons. The standard InChI is InChI=1S/C9H8ClF2NO3/c1-2-16-9(15)6-4(8(11)12)3-5(14)13-7(6)10/h3,8H,2H2,1H3,(H,13,14). The van der Waals surface area contributed by atoms with Crippen LogP contribution in [0.5, 0.6) is 0 Å². The van der Waals surface area contributed by atoms with Crippen molar-refractivity contribution in [3.63, 3.8) is 0 Å². The highest BCUT2D eigenvalue weighted by atomic mass is 35.5. The number of carbonyl (C=O) groups excluding carboxylic acids is 1. The normalized spacial score (nSPS) is 10.6. The topological polar surface area (TPSA) is 59.2 Å². The van der Waals surface area contributed by atoms with Gasteiger partial charge in [0.05, 0.1) is 6.61 Å². The van der Waals surface area contributed by atoms with Crippen molar-refractivity contribution in [2.45, 2.75) is 13.3 Å². The lowest BCUT2D eigenvalue weighted by Gasteiger charge is -2.08. The highest BCUT2D eigenvalue weighted by Crippen LogP contribution is 2.26. The summed E-state index contributed by atoms with van der Waals surface area (Å²) in [6, 6.07) is 0.628. The van der Waals surface area contributed by atoms with E-state index in [0.717, 1.165) is 0 Å². The summed E-state index contributed by atoms with van der Waals surface area (Å²) in [5.74, 6) is -0.987. The predicted molar refractivity (Wildman–Crippen MR) is 53.0 cm³/mol. The number of pyridine rings is 1. The van der Waals surface area contributed by atoms with E-state index in [9.17, 15) is 18.4 Å². The molecular weight excluding hydrogens is 244 g/mol. The lowest BCUT2D eigenvalue weighted by Crippen LogP contribution is -2.16. The van der Waals surface area contributed by atoms with E-state index >= 15 is 0 Å². The number of rotatable bonds is 3. The average Bonchev–Trinajstić information content (AvgIpc) is 2.16. The zero-order valence-corrected chi connectivity index (χ0v) is 8.98. The highest BCUT2D eigenvalue weighted by Gasteiger charge is 2.23. The Morgan fingerprint density at radius 2 is 2.25 bits per heavy atom. The van der Waals surface area contributed by atoms with Crippen LogP contribution in [-0.2, 0) is 4.74 Å². The smallest absolute Gasteiger partial charge is 0.341 e. The fourth-order valence-corrected chi connectivity index (χ4v) is 1.41. The Kier molecular flexibility index (Phi) is 4.00. The second kappa shape index (κ2) is 5.07. The molecule has 1 aromatic heterocycles. The van der Waals surface area contributed by atoms with Gasteiger partial charge in [-0.3, -0.25) is 4.79 Å². The third-order valence-corrected chi connectivity index (χ3v) is 2.03. The molecule has 0 unspecified atom stereocenters. The van der Waals surface area contributed by atoms with Gasteiger partial charge in [-0.15, -0.1) is 0 Å². The molecule has 1 rings (SSSR count). The van der Waals surface area contributed by atoms with Crippen molar-refractivity contribution in [2.75, 3.05) is 6.61 Å². The Hall–Kier alpha value is -1.43. The molecule has 0 aromatic carbocycles. The number of nitrogens with one attached hydrogen (secondary N) is 1. The van der Waals surface area contributed by atoms with Gasteiger partial charge in [-0.1, -0.05) is 11.6 Å². The number of alkyl halides is 2. The van der Waals surface area contributed by atoms with Crippen molar-refractivity contribution in [2.24, 2.45) is 0 Å². The number of hydrogen-bond acceptors (Lipinski definition) is 3. The maximum atomic E-state index is 12.6. The first-order valence-corrected chi connectivity index (χ1v) is 4.73. The van der Waals surface area contributed by atoms with Gasteiger partial charge >= 0.3 is 5.97 Å². The van der Waals surface area contributed by atoms with Crippen molar-refractivity contribution >= 4 is 17.6 Å². The molecular formula is C9H8ClF2NO3. The Bertz CT molecular complexity index is 459. The van der Waals surface area contributed by atoms with E-state index in [-0.39, 0.29) is 6.61 Å². The monoisotopic (exact) mass is 251 g/mol. The van der Waals surface area contributed by atoms with Gasteiger partial charge in [-0.25, -0.2) is 13.6 Å². The molecule has 0 saturated carbocycles. The molecule has 0 aliphatic rings. The number of H-pyrrole nitrogens is 1. The number of aromatic amines is 1. The molecule has 1 N–H and O–H groups in total. The Morgan fingerprint density at radius 3 is 2.75 bits per heavy atom. The fraction of sp³-hybridized carbons (Fsp3) is 0.333. The molecule has 0 aliphatic carbocycles. The van der Waals surface area contributed by atoms with Gasteiger partial charge in [0, 0.05) is 11.6 Å². The van der Waals surface area contributed by atoms with Gasteiger partial charge in [0.15, 0.2) is 0 Å². The zero-order valence-electron chi connectivity index (χ0n) is 8.22. The largest absolute Gasteiger partial charge is 0.462 e. The molecule has 0 saturated heterocycles. The third kappa shape index (κ3) is 2.57. The van der Waals surface area contributed by atoms with Crippen LogP contribution in [-0.4, -0.2) is 17.6 Å². The lowest BCUT2D eigenvalue weighted by molar-refractivity contribution is 0.0515. The molecule has 0 aliphatic heterocycles. The lowest BCUT2D eigenvalue weighted by atomic mass is 10.1. The van der Waals surface area contributed by atoms with Gasteiger partial charge < -0.3 is 9.72 Å². The summed E-state index contributed by atoms with van der Waals surface area (Å²) >= 11 is 5.52. The van der Waals surface area contributed by atoms with Crippen LogP contribution in [0.3, 0.4) is 0 Å². The number of hydrogen-bond donors (Lipinski definition) is 1. The number of aromatic nitrogens is 1. The summed E-state index contributed by atoms with van der Waals surface area (Å²) in [6.45, 7) is 1.55. The first kappa shape index (κ1) is 12.6. The van der Waals surface area contributed by atoms with E-state index in [1.807, 2.05) is 4.98 Å². The SMILES string of the molecule is CCOC(=O)c1c(C(F)F)cc(=O)[nH]c1Cl. The van der Waals surface area contributed by atoms with E-state index < -0.39 is 34.2 Å².